The van der Waals surface area contributed by atoms with Gasteiger partial charge in [0, 0.05) is 13.6 Å². The second-order valence-electron chi connectivity index (χ2n) is 5.37. The normalized spacial score (nSPS) is 10.5. The number of hydrogen-bond donors (Lipinski definition) is 2. The van der Waals surface area contributed by atoms with Crippen molar-refractivity contribution in [2.75, 3.05) is 7.11 Å². The Morgan fingerprint density at radius 3 is 2.75 bits per heavy atom. The molecule has 0 bridgehead atoms. The maximum Gasteiger partial charge on any atom is 0.335 e. The zero-order valence-corrected chi connectivity index (χ0v) is 14.0. The Balaban J connectivity index is 2.04. The quantitative estimate of drug-likeness (QED) is 0.803. The van der Waals surface area contributed by atoms with Crippen LogP contribution in [0, 0.1) is 0 Å². The third-order valence-electron chi connectivity index (χ3n) is 3.70. The van der Waals surface area contributed by atoms with Gasteiger partial charge in [0.2, 0.25) is 11.8 Å². The van der Waals surface area contributed by atoms with E-state index < -0.39 is 5.97 Å². The Bertz CT molecular complexity index is 752. The number of nitrogens with zero attached hydrogens (tertiary/aromatic N) is 2. The first-order valence-corrected chi connectivity index (χ1v) is 7.63. The first-order chi connectivity index (χ1) is 11.5. The summed E-state index contributed by atoms with van der Waals surface area (Å²) in [5.74, 6) is -0.574. The average Bonchev–Trinajstić information content (AvgIpc) is 2.87. The first-order valence-electron chi connectivity index (χ1n) is 7.63. The lowest BCUT2D eigenvalue weighted by Gasteiger charge is -2.08. The van der Waals surface area contributed by atoms with Crippen LogP contribution in [0.3, 0.4) is 0 Å². The van der Waals surface area contributed by atoms with Gasteiger partial charge in [0.15, 0.2) is 0 Å². The van der Waals surface area contributed by atoms with Crippen LogP contribution >= 0.6 is 0 Å². The molecule has 0 atom stereocenters. The molecule has 2 N–H and O–H groups in total. The molecule has 0 saturated carbocycles. The fourth-order valence-corrected chi connectivity index (χ4v) is 2.57. The number of rotatable bonds is 7. The van der Waals surface area contributed by atoms with Gasteiger partial charge in [0.05, 0.1) is 30.4 Å². The summed E-state index contributed by atoms with van der Waals surface area (Å²) in [5, 5.41) is 16.2. The number of ether oxygens (including phenoxy) is 1. The average molecular weight is 331 g/mol. The number of aromatic nitrogens is 2. The topological polar surface area (TPSA) is 93.5 Å². The molecule has 7 heteroatoms. The van der Waals surface area contributed by atoms with Gasteiger partial charge in [0.1, 0.15) is 0 Å². The van der Waals surface area contributed by atoms with Crippen LogP contribution in [-0.2, 0) is 31.2 Å². The predicted octanol–water partition coefficient (Wildman–Crippen LogP) is 1.55. The highest BCUT2D eigenvalue weighted by Crippen LogP contribution is 2.21. The smallest absolute Gasteiger partial charge is 0.335 e. The fraction of sp³-hybridized carbons (Fsp3) is 0.353. The largest absolute Gasteiger partial charge is 0.481 e. The third kappa shape index (κ3) is 3.92. The zero-order chi connectivity index (χ0) is 17.7. The maximum atomic E-state index is 12.1. The van der Waals surface area contributed by atoms with Crippen LogP contribution < -0.4 is 10.1 Å². The number of aryl methyl sites for hydroxylation is 2. The van der Waals surface area contributed by atoms with Gasteiger partial charge >= 0.3 is 5.97 Å². The Morgan fingerprint density at radius 2 is 2.12 bits per heavy atom. The predicted molar refractivity (Wildman–Crippen MR) is 88.1 cm³/mol. The van der Waals surface area contributed by atoms with E-state index in [2.05, 4.69) is 10.4 Å². The Morgan fingerprint density at radius 1 is 1.38 bits per heavy atom. The summed E-state index contributed by atoms with van der Waals surface area (Å²) in [6.45, 7) is 2.31. The molecule has 0 aliphatic carbocycles. The number of carboxylic acids is 1. The lowest BCUT2D eigenvalue weighted by atomic mass is 10.1. The van der Waals surface area contributed by atoms with E-state index in [-0.39, 0.29) is 17.9 Å². The Hall–Kier alpha value is -2.83. The number of hydrogen-bond acceptors (Lipinski definition) is 4. The summed E-state index contributed by atoms with van der Waals surface area (Å²) >= 11 is 0. The highest BCUT2D eigenvalue weighted by atomic mass is 16.5. The summed E-state index contributed by atoms with van der Waals surface area (Å²) in [5.41, 5.74) is 2.56. The second-order valence-corrected chi connectivity index (χ2v) is 5.37. The van der Waals surface area contributed by atoms with Gasteiger partial charge in [-0.1, -0.05) is 19.1 Å². The molecule has 2 aromatic rings. The lowest BCUT2D eigenvalue weighted by Crippen LogP contribution is -2.25. The Kier molecular flexibility index (Phi) is 5.57. The number of methoxy groups -OCH3 is 1. The number of benzene rings is 1. The van der Waals surface area contributed by atoms with Crippen LogP contribution in [0.5, 0.6) is 5.88 Å². The molecule has 24 heavy (non-hydrogen) atoms. The minimum Gasteiger partial charge on any atom is -0.481 e. The molecule has 0 aliphatic heterocycles. The molecule has 1 aromatic carbocycles. The molecule has 1 heterocycles. The summed E-state index contributed by atoms with van der Waals surface area (Å²) in [7, 11) is 3.36. The van der Waals surface area contributed by atoms with Gasteiger partial charge in [-0.3, -0.25) is 4.79 Å². The van der Waals surface area contributed by atoms with Crippen LogP contribution in [0.1, 0.15) is 34.1 Å². The van der Waals surface area contributed by atoms with Crippen LogP contribution in [0.25, 0.3) is 0 Å². The molecule has 0 radical (unpaired) electrons. The maximum absolute atomic E-state index is 12.1. The highest BCUT2D eigenvalue weighted by Gasteiger charge is 2.16. The summed E-state index contributed by atoms with van der Waals surface area (Å²) in [6, 6.07) is 6.36. The molecule has 128 valence electrons. The van der Waals surface area contributed by atoms with E-state index in [1.807, 2.05) is 6.92 Å². The van der Waals surface area contributed by atoms with Crippen molar-refractivity contribution in [3.63, 3.8) is 0 Å². The standard InChI is InChI=1S/C17H21N3O4/c1-4-14-13(16(24-3)20(2)19-14)10-18-15(21)9-11-6-5-7-12(8-11)17(22)23/h5-8H,4,9-10H2,1-3H3,(H,18,21)(H,22,23). The number of carbonyl (C=O) groups is 2. The molecule has 0 fully saturated rings. The van der Waals surface area contributed by atoms with E-state index in [9.17, 15) is 9.59 Å². The minimum absolute atomic E-state index is 0.116. The van der Waals surface area contributed by atoms with E-state index in [1.54, 1.807) is 31.0 Å². The van der Waals surface area contributed by atoms with E-state index in [0.717, 1.165) is 17.7 Å². The molecule has 0 saturated heterocycles. The summed E-state index contributed by atoms with van der Waals surface area (Å²) in [4.78, 5) is 23.1. The van der Waals surface area contributed by atoms with Crippen molar-refractivity contribution in [2.45, 2.75) is 26.3 Å². The SMILES string of the molecule is CCc1nn(C)c(OC)c1CNC(=O)Cc1cccc(C(=O)O)c1. The van der Waals surface area contributed by atoms with Crippen molar-refractivity contribution < 1.29 is 19.4 Å². The molecule has 0 aliphatic rings. The van der Waals surface area contributed by atoms with Crippen molar-refractivity contribution in [3.8, 4) is 5.88 Å². The van der Waals surface area contributed by atoms with Crippen molar-refractivity contribution in [3.05, 3.63) is 46.6 Å². The van der Waals surface area contributed by atoms with Crippen molar-refractivity contribution in [2.24, 2.45) is 7.05 Å². The van der Waals surface area contributed by atoms with E-state index in [4.69, 9.17) is 9.84 Å². The summed E-state index contributed by atoms with van der Waals surface area (Å²) < 4.78 is 6.98. The first kappa shape index (κ1) is 17.5. The number of carbonyl (C=O) groups excluding carboxylic acids is 1. The van der Waals surface area contributed by atoms with Crippen LogP contribution in [-0.4, -0.2) is 33.9 Å². The number of carboxylic acid groups (broad SMARTS) is 1. The van der Waals surface area contributed by atoms with Crippen LogP contribution in [0.2, 0.25) is 0 Å². The monoisotopic (exact) mass is 331 g/mol. The van der Waals surface area contributed by atoms with Crippen molar-refractivity contribution >= 4 is 11.9 Å². The zero-order valence-electron chi connectivity index (χ0n) is 14.0. The van der Waals surface area contributed by atoms with Gasteiger partial charge in [-0.15, -0.1) is 0 Å². The lowest BCUT2D eigenvalue weighted by molar-refractivity contribution is -0.120. The second kappa shape index (κ2) is 7.63. The fourth-order valence-electron chi connectivity index (χ4n) is 2.57. The van der Waals surface area contributed by atoms with E-state index >= 15 is 0 Å². The van der Waals surface area contributed by atoms with Gasteiger partial charge < -0.3 is 15.2 Å². The minimum atomic E-state index is -1.01. The number of amides is 1. The van der Waals surface area contributed by atoms with Gasteiger partial charge in [-0.2, -0.15) is 5.10 Å². The van der Waals surface area contributed by atoms with Crippen molar-refractivity contribution in [1.82, 2.24) is 15.1 Å². The number of aromatic carboxylic acids is 1. The molecule has 2 rings (SSSR count). The summed E-state index contributed by atoms with van der Waals surface area (Å²) in [6.07, 6.45) is 0.855. The molecule has 0 unspecified atom stereocenters. The van der Waals surface area contributed by atoms with Gasteiger partial charge in [-0.05, 0) is 24.1 Å². The van der Waals surface area contributed by atoms with E-state index in [1.165, 1.54) is 12.1 Å². The molecular formula is C17H21N3O4. The molecular weight excluding hydrogens is 310 g/mol. The molecule has 0 spiro atoms. The third-order valence-corrected chi connectivity index (χ3v) is 3.70. The van der Waals surface area contributed by atoms with Crippen LogP contribution in [0.4, 0.5) is 0 Å². The van der Waals surface area contributed by atoms with Gasteiger partial charge in [0.25, 0.3) is 0 Å². The highest BCUT2D eigenvalue weighted by molar-refractivity contribution is 5.88. The Labute approximate surface area is 140 Å². The molecule has 1 amide bonds. The molecule has 7 nitrogen and oxygen atoms in total. The van der Waals surface area contributed by atoms with Gasteiger partial charge in [-0.25, -0.2) is 9.48 Å². The van der Waals surface area contributed by atoms with Crippen LogP contribution in [0.15, 0.2) is 24.3 Å². The molecule has 1 aromatic heterocycles. The van der Waals surface area contributed by atoms with E-state index in [0.29, 0.717) is 18.0 Å². The number of nitrogens with one attached hydrogen (secondary N) is 1. The van der Waals surface area contributed by atoms with Crippen molar-refractivity contribution in [1.29, 1.82) is 0 Å².